The molecule has 0 spiro atoms. The van der Waals surface area contributed by atoms with E-state index in [9.17, 15) is 9.59 Å². The van der Waals surface area contributed by atoms with Crippen LogP contribution in [0.5, 0.6) is 5.75 Å². The number of hydrogen-bond donors (Lipinski definition) is 2. The molecule has 0 aliphatic carbocycles. The third-order valence-corrected chi connectivity index (χ3v) is 4.83. The Labute approximate surface area is 158 Å². The Balaban J connectivity index is 1.78. The molecule has 6 heteroatoms. The van der Waals surface area contributed by atoms with Crippen LogP contribution in [-0.4, -0.2) is 32.1 Å². The van der Waals surface area contributed by atoms with Crippen LogP contribution in [0.25, 0.3) is 0 Å². The molecule has 0 saturated carbocycles. The van der Waals surface area contributed by atoms with Gasteiger partial charge in [-0.15, -0.1) is 0 Å². The van der Waals surface area contributed by atoms with Gasteiger partial charge in [0.1, 0.15) is 12.4 Å². The second kappa shape index (κ2) is 8.68. The lowest BCUT2D eigenvalue weighted by molar-refractivity contribution is -0.121. The van der Waals surface area contributed by atoms with Gasteiger partial charge >= 0.3 is 5.97 Å². The monoisotopic (exact) mass is 368 g/mol. The van der Waals surface area contributed by atoms with Crippen LogP contribution in [0.3, 0.4) is 0 Å². The summed E-state index contributed by atoms with van der Waals surface area (Å²) in [6.45, 7) is 3.96. The van der Waals surface area contributed by atoms with Gasteiger partial charge in [0.05, 0.1) is 18.4 Å². The lowest BCUT2D eigenvalue weighted by atomic mass is 9.88. The molecular weight excluding hydrogens is 344 g/mol. The SMILES string of the molecule is COC(=O)c1ccc(OCc2ccccc2)c(NC(=O)C(C)C2CNC2)c1. The summed E-state index contributed by atoms with van der Waals surface area (Å²) in [6, 6.07) is 14.7. The van der Waals surface area contributed by atoms with Crippen LogP contribution >= 0.6 is 0 Å². The van der Waals surface area contributed by atoms with Gasteiger partial charge < -0.3 is 20.1 Å². The van der Waals surface area contributed by atoms with E-state index in [4.69, 9.17) is 9.47 Å². The number of benzene rings is 2. The van der Waals surface area contributed by atoms with Crippen LogP contribution in [0.4, 0.5) is 5.69 Å². The normalized spacial score (nSPS) is 14.7. The van der Waals surface area contributed by atoms with Gasteiger partial charge in [-0.25, -0.2) is 4.79 Å². The minimum atomic E-state index is -0.462. The van der Waals surface area contributed by atoms with Gasteiger partial charge in [0.15, 0.2) is 0 Å². The molecule has 2 aromatic carbocycles. The van der Waals surface area contributed by atoms with Crippen molar-refractivity contribution >= 4 is 17.6 Å². The fourth-order valence-electron chi connectivity index (χ4n) is 2.86. The van der Waals surface area contributed by atoms with E-state index in [0.29, 0.717) is 29.5 Å². The van der Waals surface area contributed by atoms with Crippen molar-refractivity contribution in [3.63, 3.8) is 0 Å². The predicted octanol–water partition coefficient (Wildman–Crippen LogP) is 2.85. The molecule has 6 nitrogen and oxygen atoms in total. The van der Waals surface area contributed by atoms with E-state index < -0.39 is 5.97 Å². The number of anilines is 1. The molecule has 2 aromatic rings. The lowest BCUT2D eigenvalue weighted by Crippen LogP contribution is -2.48. The zero-order chi connectivity index (χ0) is 19.2. The fraction of sp³-hybridized carbons (Fsp3) is 0.333. The van der Waals surface area contributed by atoms with E-state index in [1.807, 2.05) is 37.3 Å². The van der Waals surface area contributed by atoms with Gasteiger partial charge in [0, 0.05) is 5.92 Å². The summed E-state index contributed by atoms with van der Waals surface area (Å²) in [7, 11) is 1.33. The van der Waals surface area contributed by atoms with E-state index in [1.165, 1.54) is 7.11 Å². The van der Waals surface area contributed by atoms with Gasteiger partial charge in [-0.05, 0) is 42.8 Å². The Hall–Kier alpha value is -2.86. The van der Waals surface area contributed by atoms with Crippen LogP contribution in [0.1, 0.15) is 22.8 Å². The molecule has 1 aliphatic heterocycles. The Morgan fingerprint density at radius 3 is 2.56 bits per heavy atom. The molecule has 1 aliphatic rings. The van der Waals surface area contributed by atoms with Gasteiger partial charge in [-0.1, -0.05) is 37.3 Å². The first-order valence-corrected chi connectivity index (χ1v) is 8.99. The number of nitrogens with one attached hydrogen (secondary N) is 2. The molecule has 0 radical (unpaired) electrons. The second-order valence-electron chi connectivity index (χ2n) is 6.67. The highest BCUT2D eigenvalue weighted by Gasteiger charge is 2.29. The molecule has 0 aromatic heterocycles. The highest BCUT2D eigenvalue weighted by atomic mass is 16.5. The van der Waals surface area contributed by atoms with Gasteiger partial charge in [0.2, 0.25) is 5.91 Å². The minimum absolute atomic E-state index is 0.0897. The van der Waals surface area contributed by atoms with Crippen LogP contribution < -0.4 is 15.4 Å². The van der Waals surface area contributed by atoms with Gasteiger partial charge in [-0.3, -0.25) is 4.79 Å². The maximum absolute atomic E-state index is 12.6. The number of methoxy groups -OCH3 is 1. The molecular formula is C21H24N2O4. The van der Waals surface area contributed by atoms with E-state index in [1.54, 1.807) is 18.2 Å². The highest BCUT2D eigenvalue weighted by Crippen LogP contribution is 2.29. The number of amides is 1. The molecule has 1 unspecified atom stereocenters. The molecule has 27 heavy (non-hydrogen) atoms. The number of carbonyl (C=O) groups is 2. The molecule has 1 atom stereocenters. The van der Waals surface area contributed by atoms with Crippen molar-refractivity contribution in [1.29, 1.82) is 0 Å². The third-order valence-electron chi connectivity index (χ3n) is 4.83. The largest absolute Gasteiger partial charge is 0.487 e. The van der Waals surface area contributed by atoms with E-state index in [2.05, 4.69) is 10.6 Å². The Morgan fingerprint density at radius 2 is 1.93 bits per heavy atom. The predicted molar refractivity (Wildman–Crippen MR) is 103 cm³/mol. The van der Waals surface area contributed by atoms with Crippen molar-refractivity contribution in [2.24, 2.45) is 11.8 Å². The first-order chi connectivity index (χ1) is 13.1. The second-order valence-corrected chi connectivity index (χ2v) is 6.67. The average Bonchev–Trinajstić information content (AvgIpc) is 2.65. The lowest BCUT2D eigenvalue weighted by Gasteiger charge is -2.31. The Morgan fingerprint density at radius 1 is 1.19 bits per heavy atom. The average molecular weight is 368 g/mol. The summed E-state index contributed by atoms with van der Waals surface area (Å²) in [5, 5.41) is 6.09. The van der Waals surface area contributed by atoms with Gasteiger partial charge in [0.25, 0.3) is 0 Å². The van der Waals surface area contributed by atoms with Crippen molar-refractivity contribution < 1.29 is 19.1 Å². The summed E-state index contributed by atoms with van der Waals surface area (Å²) in [4.78, 5) is 24.5. The molecule has 142 valence electrons. The zero-order valence-electron chi connectivity index (χ0n) is 15.5. The number of ether oxygens (including phenoxy) is 2. The van der Waals surface area contributed by atoms with Crippen molar-refractivity contribution in [2.75, 3.05) is 25.5 Å². The van der Waals surface area contributed by atoms with Crippen molar-refractivity contribution in [2.45, 2.75) is 13.5 Å². The molecule has 3 rings (SSSR count). The molecule has 1 fully saturated rings. The summed E-state index contributed by atoms with van der Waals surface area (Å²) >= 11 is 0. The highest BCUT2D eigenvalue weighted by molar-refractivity contribution is 5.97. The van der Waals surface area contributed by atoms with E-state index in [0.717, 1.165) is 18.7 Å². The summed E-state index contributed by atoms with van der Waals surface area (Å²) in [5.74, 6) is 0.153. The Kier molecular flexibility index (Phi) is 6.08. The van der Waals surface area contributed by atoms with Crippen molar-refractivity contribution in [1.82, 2.24) is 5.32 Å². The van der Waals surface area contributed by atoms with Crippen LogP contribution in [0, 0.1) is 11.8 Å². The van der Waals surface area contributed by atoms with Crippen LogP contribution in [0.2, 0.25) is 0 Å². The quantitative estimate of drug-likeness (QED) is 0.735. The maximum atomic E-state index is 12.6. The number of rotatable bonds is 7. The number of carbonyl (C=O) groups excluding carboxylic acids is 2. The minimum Gasteiger partial charge on any atom is -0.487 e. The fourth-order valence-corrected chi connectivity index (χ4v) is 2.86. The molecule has 0 bridgehead atoms. The van der Waals surface area contributed by atoms with Gasteiger partial charge in [-0.2, -0.15) is 0 Å². The smallest absolute Gasteiger partial charge is 0.337 e. The molecule has 2 N–H and O–H groups in total. The summed E-state index contributed by atoms with van der Waals surface area (Å²) in [5.41, 5.74) is 1.84. The first-order valence-electron chi connectivity index (χ1n) is 8.99. The van der Waals surface area contributed by atoms with E-state index in [-0.39, 0.29) is 11.8 Å². The van der Waals surface area contributed by atoms with Crippen LogP contribution in [0.15, 0.2) is 48.5 Å². The third kappa shape index (κ3) is 4.65. The summed E-state index contributed by atoms with van der Waals surface area (Å²) in [6.07, 6.45) is 0. The van der Waals surface area contributed by atoms with Crippen molar-refractivity contribution in [3.8, 4) is 5.75 Å². The Bertz CT molecular complexity index is 803. The molecule has 1 heterocycles. The van der Waals surface area contributed by atoms with E-state index >= 15 is 0 Å². The number of hydrogen-bond acceptors (Lipinski definition) is 5. The van der Waals surface area contributed by atoms with Crippen molar-refractivity contribution in [3.05, 3.63) is 59.7 Å². The topological polar surface area (TPSA) is 76.7 Å². The molecule has 1 saturated heterocycles. The summed E-state index contributed by atoms with van der Waals surface area (Å²) < 4.78 is 10.7. The number of esters is 1. The zero-order valence-corrected chi connectivity index (χ0v) is 15.5. The standard InChI is InChI=1S/C21H24N2O4/c1-14(17-11-22-12-17)20(24)23-18-10-16(21(25)26-2)8-9-19(18)27-13-15-6-4-3-5-7-15/h3-10,14,17,22H,11-13H2,1-2H3,(H,23,24). The first kappa shape index (κ1) is 18.9. The van der Waals surface area contributed by atoms with Crippen LogP contribution in [-0.2, 0) is 16.1 Å². The maximum Gasteiger partial charge on any atom is 0.337 e. The molecule has 1 amide bonds.